The number of aromatic hydroxyl groups is 1. The third-order valence-electron chi connectivity index (χ3n) is 4.37. The van der Waals surface area contributed by atoms with Gasteiger partial charge in [-0.3, -0.25) is 0 Å². The number of hydrogen-bond acceptors (Lipinski definition) is 3. The third-order valence-corrected chi connectivity index (χ3v) is 6.52. The van der Waals surface area contributed by atoms with Crippen LogP contribution in [0.3, 0.4) is 0 Å². The van der Waals surface area contributed by atoms with Gasteiger partial charge in [-0.25, -0.2) is 8.42 Å². The Morgan fingerprint density at radius 1 is 1.28 bits per heavy atom. The minimum Gasteiger partial charge on any atom is -0.508 e. The summed E-state index contributed by atoms with van der Waals surface area (Å²) in [6.07, 6.45) is 0. The van der Waals surface area contributed by atoms with Crippen LogP contribution in [0.1, 0.15) is 39.2 Å². The molecule has 1 unspecified atom stereocenters. The average Bonchev–Trinajstić information content (AvgIpc) is 2.29. The van der Waals surface area contributed by atoms with E-state index in [4.69, 9.17) is 0 Å². The standard InChI is InChI=1S/C14H20O3S/c1-9-10(2)14(3,4)8-18(16,17)13-7-11(15)5-6-12(9)13/h5-7,9-10,15H,8H2,1-4H3/t9-,10?/m0/s1. The molecule has 100 valence electrons. The van der Waals surface area contributed by atoms with Crippen LogP contribution in [-0.2, 0) is 9.84 Å². The Morgan fingerprint density at radius 2 is 1.89 bits per heavy atom. The summed E-state index contributed by atoms with van der Waals surface area (Å²) in [5, 5.41) is 9.53. The highest BCUT2D eigenvalue weighted by Gasteiger charge is 2.41. The zero-order valence-corrected chi connectivity index (χ0v) is 12.1. The first-order valence-electron chi connectivity index (χ1n) is 6.21. The minimum atomic E-state index is -3.33. The van der Waals surface area contributed by atoms with E-state index < -0.39 is 9.84 Å². The number of rotatable bonds is 0. The predicted molar refractivity (Wildman–Crippen MR) is 71.5 cm³/mol. The summed E-state index contributed by atoms with van der Waals surface area (Å²) in [7, 11) is -3.33. The van der Waals surface area contributed by atoms with Gasteiger partial charge >= 0.3 is 0 Å². The maximum absolute atomic E-state index is 12.4. The molecule has 2 rings (SSSR count). The number of benzene rings is 1. The predicted octanol–water partition coefficient (Wildman–Crippen LogP) is 2.95. The molecule has 1 N–H and O–H groups in total. The van der Waals surface area contributed by atoms with Gasteiger partial charge in [0.2, 0.25) is 0 Å². The maximum Gasteiger partial charge on any atom is 0.179 e. The van der Waals surface area contributed by atoms with Crippen molar-refractivity contribution in [2.24, 2.45) is 11.3 Å². The second-order valence-corrected chi connectivity index (χ2v) is 8.01. The summed E-state index contributed by atoms with van der Waals surface area (Å²) in [4.78, 5) is 0.299. The number of phenolic OH excluding ortho intramolecular Hbond substituents is 1. The molecule has 0 aliphatic carbocycles. The van der Waals surface area contributed by atoms with Crippen molar-refractivity contribution in [2.75, 3.05) is 5.75 Å². The molecule has 1 aromatic rings. The number of hydrogen-bond donors (Lipinski definition) is 1. The first kappa shape index (κ1) is 13.4. The van der Waals surface area contributed by atoms with Gasteiger partial charge in [-0.15, -0.1) is 0 Å². The summed E-state index contributed by atoms with van der Waals surface area (Å²) in [5.74, 6) is 0.560. The van der Waals surface area contributed by atoms with E-state index in [0.29, 0.717) is 4.90 Å². The Bertz CT molecular complexity index is 573. The summed E-state index contributed by atoms with van der Waals surface area (Å²) in [5.41, 5.74) is 0.554. The monoisotopic (exact) mass is 268 g/mol. The molecule has 0 saturated carbocycles. The Labute approximate surface area is 109 Å². The highest BCUT2D eigenvalue weighted by atomic mass is 32.2. The first-order chi connectivity index (χ1) is 8.15. The molecular weight excluding hydrogens is 248 g/mol. The van der Waals surface area contributed by atoms with Gasteiger partial charge < -0.3 is 5.11 Å². The summed E-state index contributed by atoms with van der Waals surface area (Å²) < 4.78 is 24.9. The van der Waals surface area contributed by atoms with Crippen LogP contribution in [0.4, 0.5) is 0 Å². The van der Waals surface area contributed by atoms with Crippen molar-refractivity contribution in [1.82, 2.24) is 0 Å². The highest BCUT2D eigenvalue weighted by molar-refractivity contribution is 7.91. The van der Waals surface area contributed by atoms with Gasteiger partial charge in [-0.1, -0.05) is 33.8 Å². The van der Waals surface area contributed by atoms with Crippen LogP contribution in [0, 0.1) is 11.3 Å². The van der Waals surface area contributed by atoms with Crippen LogP contribution < -0.4 is 0 Å². The lowest BCUT2D eigenvalue weighted by Crippen LogP contribution is -2.30. The second kappa shape index (κ2) is 3.98. The molecule has 0 spiro atoms. The molecule has 1 aliphatic rings. The molecule has 0 aromatic heterocycles. The van der Waals surface area contributed by atoms with E-state index in [1.54, 1.807) is 12.1 Å². The van der Waals surface area contributed by atoms with Gasteiger partial charge in [-0.2, -0.15) is 0 Å². The first-order valence-corrected chi connectivity index (χ1v) is 7.86. The molecule has 0 bridgehead atoms. The molecule has 1 heterocycles. The molecule has 0 amide bonds. The van der Waals surface area contributed by atoms with Crippen LogP contribution in [0.25, 0.3) is 0 Å². The van der Waals surface area contributed by atoms with E-state index in [-0.39, 0.29) is 28.8 Å². The van der Waals surface area contributed by atoms with Crippen LogP contribution in [-0.4, -0.2) is 19.3 Å². The van der Waals surface area contributed by atoms with E-state index in [2.05, 4.69) is 13.8 Å². The van der Waals surface area contributed by atoms with Crippen molar-refractivity contribution >= 4 is 9.84 Å². The molecular formula is C14H20O3S. The Morgan fingerprint density at radius 3 is 2.50 bits per heavy atom. The lowest BCUT2D eigenvalue weighted by Gasteiger charge is -2.32. The van der Waals surface area contributed by atoms with Crippen molar-refractivity contribution < 1.29 is 13.5 Å². The maximum atomic E-state index is 12.4. The third kappa shape index (κ3) is 2.03. The van der Waals surface area contributed by atoms with Crippen LogP contribution in [0.5, 0.6) is 5.75 Å². The van der Waals surface area contributed by atoms with Gasteiger partial charge in [0.05, 0.1) is 10.6 Å². The normalized spacial score (nSPS) is 29.3. The fourth-order valence-corrected chi connectivity index (χ4v) is 5.12. The Balaban J connectivity index is 2.73. The molecule has 2 atom stereocenters. The molecule has 18 heavy (non-hydrogen) atoms. The van der Waals surface area contributed by atoms with Crippen LogP contribution >= 0.6 is 0 Å². The molecule has 3 nitrogen and oxygen atoms in total. The van der Waals surface area contributed by atoms with Crippen LogP contribution in [0.2, 0.25) is 0 Å². The summed E-state index contributed by atoms with van der Waals surface area (Å²) in [6.45, 7) is 8.15. The Kier molecular flexibility index (Phi) is 2.97. The van der Waals surface area contributed by atoms with Crippen molar-refractivity contribution in [2.45, 2.75) is 38.5 Å². The quantitative estimate of drug-likeness (QED) is 0.787. The lowest BCUT2D eigenvalue weighted by atomic mass is 9.73. The van der Waals surface area contributed by atoms with Gasteiger partial charge in [0.15, 0.2) is 9.84 Å². The molecule has 1 aliphatic heterocycles. The average molecular weight is 268 g/mol. The fraction of sp³-hybridized carbons (Fsp3) is 0.571. The molecule has 0 radical (unpaired) electrons. The molecule has 4 heteroatoms. The fourth-order valence-electron chi connectivity index (χ4n) is 2.81. The SMILES string of the molecule is CC1[C@H](C)c2ccc(O)cc2S(=O)(=O)CC1(C)C. The van der Waals surface area contributed by atoms with Gasteiger partial charge in [0.1, 0.15) is 5.75 Å². The van der Waals surface area contributed by atoms with Crippen molar-refractivity contribution in [3.63, 3.8) is 0 Å². The Hall–Kier alpha value is -1.03. The van der Waals surface area contributed by atoms with Crippen molar-refractivity contribution in [1.29, 1.82) is 0 Å². The van der Waals surface area contributed by atoms with Gasteiger partial charge in [0.25, 0.3) is 0 Å². The van der Waals surface area contributed by atoms with E-state index in [1.165, 1.54) is 6.07 Å². The summed E-state index contributed by atoms with van der Waals surface area (Å²) >= 11 is 0. The van der Waals surface area contributed by atoms with Crippen LogP contribution in [0.15, 0.2) is 23.1 Å². The minimum absolute atomic E-state index is 0.0110. The number of phenols is 1. The largest absolute Gasteiger partial charge is 0.508 e. The van der Waals surface area contributed by atoms with Gasteiger partial charge in [0, 0.05) is 0 Å². The van der Waals surface area contributed by atoms with Crippen molar-refractivity contribution in [3.05, 3.63) is 23.8 Å². The zero-order valence-electron chi connectivity index (χ0n) is 11.3. The summed E-state index contributed by atoms with van der Waals surface area (Å²) in [6, 6.07) is 4.69. The smallest absolute Gasteiger partial charge is 0.179 e. The topological polar surface area (TPSA) is 54.4 Å². The number of sulfone groups is 1. The van der Waals surface area contributed by atoms with Gasteiger partial charge in [-0.05, 0) is 34.9 Å². The lowest BCUT2D eigenvalue weighted by molar-refractivity contribution is 0.234. The van der Waals surface area contributed by atoms with E-state index in [9.17, 15) is 13.5 Å². The zero-order chi connectivity index (χ0) is 13.7. The van der Waals surface area contributed by atoms with E-state index >= 15 is 0 Å². The molecule has 0 fully saturated rings. The molecule has 1 aromatic carbocycles. The molecule has 0 saturated heterocycles. The van der Waals surface area contributed by atoms with E-state index in [1.807, 2.05) is 13.8 Å². The number of fused-ring (bicyclic) bond motifs is 1. The van der Waals surface area contributed by atoms with Crippen molar-refractivity contribution in [3.8, 4) is 5.75 Å². The second-order valence-electron chi connectivity index (χ2n) is 6.05. The van der Waals surface area contributed by atoms with E-state index in [0.717, 1.165) is 5.56 Å². The highest BCUT2D eigenvalue weighted by Crippen LogP contribution is 2.45.